The van der Waals surface area contributed by atoms with Crippen molar-refractivity contribution < 1.29 is 22.7 Å². The number of sulfone groups is 1. The maximum absolute atomic E-state index is 11.9. The highest BCUT2D eigenvalue weighted by Crippen LogP contribution is 2.22. The number of hydrogen-bond acceptors (Lipinski definition) is 5. The number of nitrogens with zero attached hydrogens (tertiary/aromatic N) is 1. The van der Waals surface area contributed by atoms with E-state index in [1.54, 1.807) is 24.3 Å². The largest absolute Gasteiger partial charge is 0.447 e. The summed E-state index contributed by atoms with van der Waals surface area (Å²) in [5, 5.41) is 1.39. The summed E-state index contributed by atoms with van der Waals surface area (Å²) >= 11 is 0. The number of cyclic esters (lactones) is 1. The molecule has 0 spiro atoms. The Morgan fingerprint density at radius 3 is 2.71 bits per heavy atom. The Bertz CT molecular complexity index is 671. The summed E-state index contributed by atoms with van der Waals surface area (Å²) in [6, 6.07) is 6.60. The van der Waals surface area contributed by atoms with Crippen LogP contribution < -0.4 is 10.2 Å². The molecule has 1 aliphatic rings. The molecule has 7 nitrogen and oxygen atoms in total. The third-order valence-electron chi connectivity index (χ3n) is 3.20. The molecule has 0 saturated carbocycles. The van der Waals surface area contributed by atoms with Gasteiger partial charge in [0.15, 0.2) is 9.84 Å². The van der Waals surface area contributed by atoms with Crippen LogP contribution in [0.4, 0.5) is 16.2 Å². The summed E-state index contributed by atoms with van der Waals surface area (Å²) in [5.41, 5.74) is 1.01. The van der Waals surface area contributed by atoms with Gasteiger partial charge in [0.1, 0.15) is 11.9 Å². The van der Waals surface area contributed by atoms with E-state index in [1.807, 2.05) is 0 Å². The minimum atomic E-state index is -3.45. The summed E-state index contributed by atoms with van der Waals surface area (Å²) < 4.78 is 27.5. The van der Waals surface area contributed by atoms with Gasteiger partial charge in [-0.05, 0) is 25.1 Å². The molecule has 0 radical (unpaired) electrons. The highest BCUT2D eigenvalue weighted by Gasteiger charge is 2.25. The van der Waals surface area contributed by atoms with Gasteiger partial charge in [-0.1, -0.05) is 6.07 Å². The van der Waals surface area contributed by atoms with Crippen LogP contribution in [-0.2, 0) is 19.4 Å². The molecule has 21 heavy (non-hydrogen) atoms. The average Bonchev–Trinajstić information content (AvgIpc) is 2.83. The van der Waals surface area contributed by atoms with E-state index >= 15 is 0 Å². The smallest absolute Gasteiger partial charge is 0.414 e. The van der Waals surface area contributed by atoms with Crippen LogP contribution in [0.5, 0.6) is 0 Å². The lowest BCUT2D eigenvalue weighted by molar-refractivity contribution is -0.115. The van der Waals surface area contributed by atoms with E-state index in [0.717, 1.165) is 6.26 Å². The molecule has 0 unspecified atom stereocenters. The van der Waals surface area contributed by atoms with Crippen molar-refractivity contribution in [2.45, 2.75) is 12.2 Å². The van der Waals surface area contributed by atoms with Crippen LogP contribution in [0.2, 0.25) is 0 Å². The first-order valence-corrected chi connectivity index (χ1v) is 8.28. The normalized spacial score (nSPS) is 16.5. The van der Waals surface area contributed by atoms with Gasteiger partial charge in [-0.2, -0.15) is 0 Å². The van der Waals surface area contributed by atoms with Crippen LogP contribution in [0.3, 0.4) is 0 Å². The fourth-order valence-electron chi connectivity index (χ4n) is 1.82. The SMILES string of the molecule is C[C@H](C(=O)Nc1cccc(N2CCOC2=O)c1)S(C)(=O)=O. The standard InChI is InChI=1S/C13H16N2O5S/c1-9(21(2,18)19)12(16)14-10-4-3-5-11(8-10)15-6-7-20-13(15)17/h3-5,8-9H,6-7H2,1-2H3,(H,14,16)/t9-/m1/s1. The molecular weight excluding hydrogens is 296 g/mol. The number of ether oxygens (including phenoxy) is 1. The zero-order valence-corrected chi connectivity index (χ0v) is 12.5. The van der Waals surface area contributed by atoms with Gasteiger partial charge in [0.05, 0.1) is 6.54 Å². The summed E-state index contributed by atoms with van der Waals surface area (Å²) in [6.45, 7) is 2.09. The van der Waals surface area contributed by atoms with E-state index in [1.165, 1.54) is 11.8 Å². The monoisotopic (exact) mass is 312 g/mol. The molecule has 2 rings (SSSR count). The Morgan fingerprint density at radius 1 is 1.43 bits per heavy atom. The third-order valence-corrected chi connectivity index (χ3v) is 4.70. The van der Waals surface area contributed by atoms with Crippen molar-refractivity contribution in [3.05, 3.63) is 24.3 Å². The summed E-state index contributed by atoms with van der Waals surface area (Å²) in [6.07, 6.45) is 0.566. The fraction of sp³-hybridized carbons (Fsp3) is 0.385. The molecule has 2 amide bonds. The van der Waals surface area contributed by atoms with Gasteiger partial charge in [-0.15, -0.1) is 0 Å². The number of amides is 2. The Labute approximate surface area is 122 Å². The van der Waals surface area contributed by atoms with E-state index in [9.17, 15) is 18.0 Å². The first kappa shape index (κ1) is 15.3. The minimum Gasteiger partial charge on any atom is -0.447 e. The van der Waals surface area contributed by atoms with Gasteiger partial charge in [0, 0.05) is 17.6 Å². The van der Waals surface area contributed by atoms with E-state index in [0.29, 0.717) is 24.5 Å². The van der Waals surface area contributed by atoms with Crippen molar-refractivity contribution in [1.82, 2.24) is 0 Å². The second-order valence-corrected chi connectivity index (χ2v) is 7.14. The number of rotatable bonds is 4. The van der Waals surface area contributed by atoms with Gasteiger partial charge in [-0.3, -0.25) is 9.69 Å². The van der Waals surface area contributed by atoms with Crippen molar-refractivity contribution in [1.29, 1.82) is 0 Å². The zero-order valence-electron chi connectivity index (χ0n) is 11.7. The first-order chi connectivity index (χ1) is 9.79. The zero-order chi connectivity index (χ0) is 15.6. The van der Waals surface area contributed by atoms with Crippen LogP contribution >= 0.6 is 0 Å². The number of carbonyl (C=O) groups is 2. The van der Waals surface area contributed by atoms with E-state index in [4.69, 9.17) is 4.74 Å². The van der Waals surface area contributed by atoms with E-state index < -0.39 is 27.1 Å². The predicted octanol–water partition coefficient (Wildman–Crippen LogP) is 1.01. The highest BCUT2D eigenvalue weighted by molar-refractivity contribution is 7.92. The summed E-state index contributed by atoms with van der Waals surface area (Å²) in [4.78, 5) is 24.8. The predicted molar refractivity (Wildman–Crippen MR) is 78.1 cm³/mol. The van der Waals surface area contributed by atoms with Gasteiger partial charge in [-0.25, -0.2) is 13.2 Å². The molecule has 8 heteroatoms. The van der Waals surface area contributed by atoms with Crippen LogP contribution in [0.1, 0.15) is 6.92 Å². The van der Waals surface area contributed by atoms with E-state index in [-0.39, 0.29) is 0 Å². The van der Waals surface area contributed by atoms with Crippen LogP contribution in [0, 0.1) is 0 Å². The van der Waals surface area contributed by atoms with Crippen molar-refractivity contribution >= 4 is 33.2 Å². The highest BCUT2D eigenvalue weighted by atomic mass is 32.2. The Balaban J connectivity index is 2.15. The van der Waals surface area contributed by atoms with Crippen molar-refractivity contribution in [3.8, 4) is 0 Å². The molecule has 0 bridgehead atoms. The number of carbonyl (C=O) groups excluding carboxylic acids is 2. The third kappa shape index (κ3) is 3.52. The lowest BCUT2D eigenvalue weighted by atomic mass is 10.2. The fourth-order valence-corrected chi connectivity index (χ4v) is 2.27. The lowest BCUT2D eigenvalue weighted by Crippen LogP contribution is -2.31. The van der Waals surface area contributed by atoms with Crippen LogP contribution in [0.25, 0.3) is 0 Å². The molecule has 1 aromatic carbocycles. The minimum absolute atomic E-state index is 0.320. The quantitative estimate of drug-likeness (QED) is 0.896. The van der Waals surface area contributed by atoms with Crippen LogP contribution in [-0.4, -0.2) is 45.1 Å². The topological polar surface area (TPSA) is 92.8 Å². The number of anilines is 2. The second kappa shape index (κ2) is 5.72. The number of hydrogen-bond donors (Lipinski definition) is 1. The number of benzene rings is 1. The van der Waals surface area contributed by atoms with Crippen molar-refractivity contribution in [2.75, 3.05) is 29.6 Å². The lowest BCUT2D eigenvalue weighted by Gasteiger charge is -2.15. The summed E-state index contributed by atoms with van der Waals surface area (Å²) in [7, 11) is -3.45. The second-order valence-electron chi connectivity index (χ2n) is 4.78. The first-order valence-electron chi connectivity index (χ1n) is 6.33. The molecule has 1 fully saturated rings. The van der Waals surface area contributed by atoms with Gasteiger partial charge in [0.25, 0.3) is 0 Å². The average molecular weight is 312 g/mol. The molecule has 0 aromatic heterocycles. The molecule has 1 aromatic rings. The number of nitrogens with one attached hydrogen (secondary N) is 1. The molecular formula is C13H16N2O5S. The van der Waals surface area contributed by atoms with Gasteiger partial charge >= 0.3 is 6.09 Å². The Morgan fingerprint density at radius 2 is 2.14 bits per heavy atom. The molecule has 1 heterocycles. The van der Waals surface area contributed by atoms with Crippen molar-refractivity contribution in [2.24, 2.45) is 0 Å². The molecule has 0 aliphatic carbocycles. The summed E-state index contributed by atoms with van der Waals surface area (Å²) in [5.74, 6) is -0.612. The maximum atomic E-state index is 11.9. The molecule has 1 atom stereocenters. The molecule has 1 aliphatic heterocycles. The van der Waals surface area contributed by atoms with Crippen molar-refractivity contribution in [3.63, 3.8) is 0 Å². The van der Waals surface area contributed by atoms with E-state index in [2.05, 4.69) is 5.32 Å². The Kier molecular flexibility index (Phi) is 4.17. The molecule has 1 N–H and O–H groups in total. The maximum Gasteiger partial charge on any atom is 0.414 e. The van der Waals surface area contributed by atoms with Gasteiger partial charge < -0.3 is 10.1 Å². The molecule has 114 valence electrons. The van der Waals surface area contributed by atoms with Gasteiger partial charge in [0.2, 0.25) is 5.91 Å². The molecule has 1 saturated heterocycles. The Hall–Kier alpha value is -2.09. The van der Waals surface area contributed by atoms with Crippen LogP contribution in [0.15, 0.2) is 24.3 Å².